The largest absolute Gasteiger partial charge is 0.299 e. The number of rotatable bonds is 4. The van der Waals surface area contributed by atoms with Crippen molar-refractivity contribution < 1.29 is 4.79 Å². The average Bonchev–Trinajstić information content (AvgIpc) is 2.97. The van der Waals surface area contributed by atoms with Gasteiger partial charge in [-0.1, -0.05) is 13.3 Å². The molecule has 0 aliphatic carbocycles. The molecule has 1 saturated heterocycles. The van der Waals surface area contributed by atoms with Gasteiger partial charge in [0.2, 0.25) is 0 Å². The predicted molar refractivity (Wildman–Crippen MR) is 69.6 cm³/mol. The first-order valence-corrected chi connectivity index (χ1v) is 6.92. The van der Waals surface area contributed by atoms with Crippen LogP contribution in [0.3, 0.4) is 0 Å². The third-order valence-corrected chi connectivity index (χ3v) is 4.38. The summed E-state index contributed by atoms with van der Waals surface area (Å²) in [6, 6.07) is 2.02. The fourth-order valence-corrected chi connectivity index (χ4v) is 3.17. The van der Waals surface area contributed by atoms with E-state index in [0.717, 1.165) is 36.0 Å². The highest BCUT2D eigenvalue weighted by molar-refractivity contribution is 7.12. The van der Waals surface area contributed by atoms with Gasteiger partial charge < -0.3 is 0 Å². The van der Waals surface area contributed by atoms with Crippen LogP contribution in [0.5, 0.6) is 0 Å². The van der Waals surface area contributed by atoms with Gasteiger partial charge in [-0.3, -0.25) is 15.1 Å². The summed E-state index contributed by atoms with van der Waals surface area (Å²) in [5, 5.41) is 1.95. The second kappa shape index (κ2) is 5.62. The topological polar surface area (TPSA) is 58.4 Å². The molecule has 1 atom stereocenters. The Morgan fingerprint density at radius 2 is 2.53 bits per heavy atom. The minimum absolute atomic E-state index is 0.179. The van der Waals surface area contributed by atoms with Crippen molar-refractivity contribution in [3.63, 3.8) is 0 Å². The summed E-state index contributed by atoms with van der Waals surface area (Å²) in [7, 11) is 0. The highest BCUT2D eigenvalue weighted by atomic mass is 32.1. The average molecular weight is 253 g/mol. The van der Waals surface area contributed by atoms with E-state index in [1.807, 2.05) is 11.4 Å². The molecule has 0 bridgehead atoms. The molecule has 2 heterocycles. The van der Waals surface area contributed by atoms with E-state index in [1.165, 1.54) is 24.2 Å². The van der Waals surface area contributed by atoms with E-state index < -0.39 is 0 Å². The van der Waals surface area contributed by atoms with Crippen molar-refractivity contribution in [1.82, 2.24) is 10.3 Å². The number of thiophene rings is 1. The maximum atomic E-state index is 11.5. The zero-order valence-electron chi connectivity index (χ0n) is 10.1. The van der Waals surface area contributed by atoms with Crippen LogP contribution in [0.15, 0.2) is 11.4 Å². The van der Waals surface area contributed by atoms with Crippen molar-refractivity contribution >= 4 is 17.2 Å². The third-order valence-electron chi connectivity index (χ3n) is 3.43. The van der Waals surface area contributed by atoms with E-state index in [-0.39, 0.29) is 5.91 Å². The van der Waals surface area contributed by atoms with Gasteiger partial charge in [0.25, 0.3) is 5.91 Å². The summed E-state index contributed by atoms with van der Waals surface area (Å²) >= 11 is 1.45. The summed E-state index contributed by atoms with van der Waals surface area (Å²) in [6.45, 7) is 5.39. The summed E-state index contributed by atoms with van der Waals surface area (Å²) < 4.78 is 0. The molecule has 94 valence electrons. The summed E-state index contributed by atoms with van der Waals surface area (Å²) in [6.07, 6.45) is 2.52. The van der Waals surface area contributed by atoms with Gasteiger partial charge >= 0.3 is 0 Å². The van der Waals surface area contributed by atoms with Gasteiger partial charge in [0.15, 0.2) is 0 Å². The Morgan fingerprint density at radius 1 is 1.71 bits per heavy atom. The number of carbonyl (C=O) groups is 1. The van der Waals surface area contributed by atoms with Crippen LogP contribution >= 0.6 is 11.3 Å². The molecular weight excluding hydrogens is 234 g/mol. The second-order valence-electron chi connectivity index (χ2n) is 4.55. The highest BCUT2D eigenvalue weighted by Crippen LogP contribution is 2.24. The summed E-state index contributed by atoms with van der Waals surface area (Å²) in [5.41, 5.74) is 3.30. The van der Waals surface area contributed by atoms with Crippen molar-refractivity contribution in [1.29, 1.82) is 0 Å². The molecule has 1 unspecified atom stereocenters. The third kappa shape index (κ3) is 2.86. The first kappa shape index (κ1) is 12.5. The second-order valence-corrected chi connectivity index (χ2v) is 5.46. The Labute approximate surface area is 106 Å². The molecule has 0 radical (unpaired) electrons. The molecule has 0 aromatic carbocycles. The number of nitrogens with two attached hydrogens (primary N) is 1. The van der Waals surface area contributed by atoms with Gasteiger partial charge in [0, 0.05) is 13.1 Å². The number of likely N-dealkylation sites (tertiary alicyclic amines) is 1. The summed E-state index contributed by atoms with van der Waals surface area (Å²) in [4.78, 5) is 14.7. The molecule has 2 rings (SSSR count). The predicted octanol–water partition coefficient (Wildman–Crippen LogP) is 1.58. The van der Waals surface area contributed by atoms with Crippen LogP contribution in [-0.2, 0) is 6.54 Å². The number of hydrogen-bond donors (Lipinski definition) is 2. The minimum Gasteiger partial charge on any atom is -0.299 e. The molecule has 1 aromatic rings. The summed E-state index contributed by atoms with van der Waals surface area (Å²) in [5.74, 6) is 5.82. The van der Waals surface area contributed by atoms with Gasteiger partial charge in [-0.15, -0.1) is 11.3 Å². The zero-order valence-corrected chi connectivity index (χ0v) is 10.9. The van der Waals surface area contributed by atoms with E-state index >= 15 is 0 Å². The quantitative estimate of drug-likeness (QED) is 0.486. The lowest BCUT2D eigenvalue weighted by Crippen LogP contribution is -2.30. The normalized spacial score (nSPS) is 20.7. The molecule has 1 aliphatic heterocycles. The number of nitrogen functional groups attached to an aromatic ring is 1. The van der Waals surface area contributed by atoms with Crippen molar-refractivity contribution in [2.24, 2.45) is 11.8 Å². The van der Waals surface area contributed by atoms with Crippen LogP contribution in [0, 0.1) is 5.92 Å². The molecule has 1 fully saturated rings. The smallest absolute Gasteiger partial charge is 0.275 e. The first-order valence-electron chi connectivity index (χ1n) is 6.04. The molecule has 0 saturated carbocycles. The van der Waals surface area contributed by atoms with Gasteiger partial charge in [-0.05, 0) is 35.9 Å². The molecule has 4 nitrogen and oxygen atoms in total. The number of carbonyl (C=O) groups excluding carboxylic acids is 1. The number of amides is 1. The van der Waals surface area contributed by atoms with Crippen molar-refractivity contribution in [3.05, 3.63) is 21.9 Å². The molecule has 17 heavy (non-hydrogen) atoms. The van der Waals surface area contributed by atoms with Crippen molar-refractivity contribution in [2.45, 2.75) is 26.3 Å². The Morgan fingerprint density at radius 3 is 3.18 bits per heavy atom. The number of nitrogens with zero attached hydrogens (tertiary/aromatic N) is 1. The number of hydrogen-bond acceptors (Lipinski definition) is 4. The van der Waals surface area contributed by atoms with Gasteiger partial charge in [0.05, 0.1) is 4.88 Å². The molecule has 1 aliphatic rings. The Hall–Kier alpha value is -0.910. The molecule has 0 spiro atoms. The SMILES string of the molecule is CCC1CCN(Cc2ccsc2C(=O)NN)C1. The molecule has 1 aromatic heterocycles. The monoisotopic (exact) mass is 253 g/mol. The van der Waals surface area contributed by atoms with Gasteiger partial charge in [-0.25, -0.2) is 5.84 Å². The lowest BCUT2D eigenvalue weighted by molar-refractivity contribution is 0.0956. The van der Waals surface area contributed by atoms with E-state index in [2.05, 4.69) is 17.2 Å². The Balaban J connectivity index is 2.00. The Bertz CT molecular complexity index is 391. The lowest BCUT2D eigenvalue weighted by atomic mass is 10.1. The van der Waals surface area contributed by atoms with Gasteiger partial charge in [-0.2, -0.15) is 0 Å². The van der Waals surface area contributed by atoms with E-state index in [9.17, 15) is 4.79 Å². The van der Waals surface area contributed by atoms with Crippen LogP contribution in [0.1, 0.15) is 35.0 Å². The van der Waals surface area contributed by atoms with Crippen LogP contribution < -0.4 is 11.3 Å². The molecule has 5 heteroatoms. The zero-order chi connectivity index (χ0) is 12.3. The Kier molecular flexibility index (Phi) is 4.15. The van der Waals surface area contributed by atoms with Crippen LogP contribution in [0.4, 0.5) is 0 Å². The maximum absolute atomic E-state index is 11.5. The molecule has 3 N–H and O–H groups in total. The standard InChI is InChI=1S/C12H19N3OS/c1-2-9-3-5-15(7-9)8-10-4-6-17-11(10)12(16)14-13/h4,6,9H,2-3,5,7-8,13H2,1H3,(H,14,16). The van der Waals surface area contributed by atoms with Crippen LogP contribution in [-0.4, -0.2) is 23.9 Å². The van der Waals surface area contributed by atoms with Gasteiger partial charge in [0.1, 0.15) is 0 Å². The highest BCUT2D eigenvalue weighted by Gasteiger charge is 2.22. The number of hydrazine groups is 1. The van der Waals surface area contributed by atoms with Crippen LogP contribution in [0.25, 0.3) is 0 Å². The molecule has 1 amide bonds. The van der Waals surface area contributed by atoms with E-state index in [0.29, 0.717) is 0 Å². The van der Waals surface area contributed by atoms with Crippen LogP contribution in [0.2, 0.25) is 0 Å². The number of nitrogens with one attached hydrogen (secondary N) is 1. The van der Waals surface area contributed by atoms with Crippen molar-refractivity contribution in [2.75, 3.05) is 13.1 Å². The lowest BCUT2D eigenvalue weighted by Gasteiger charge is -2.15. The van der Waals surface area contributed by atoms with Crippen molar-refractivity contribution in [3.8, 4) is 0 Å². The van der Waals surface area contributed by atoms with E-state index in [4.69, 9.17) is 5.84 Å². The minimum atomic E-state index is -0.179. The maximum Gasteiger partial charge on any atom is 0.275 e. The van der Waals surface area contributed by atoms with E-state index in [1.54, 1.807) is 0 Å². The first-order chi connectivity index (χ1) is 8.24. The molecular formula is C12H19N3OS. The fraction of sp³-hybridized carbons (Fsp3) is 0.583. The fourth-order valence-electron chi connectivity index (χ4n) is 2.36.